The zero-order valence-electron chi connectivity index (χ0n) is 12.5. The zero-order valence-corrected chi connectivity index (χ0v) is 14.0. The van der Waals surface area contributed by atoms with Gasteiger partial charge in [-0.05, 0) is 35.9 Å². The van der Waals surface area contributed by atoms with Crippen molar-refractivity contribution in [3.8, 4) is 0 Å². The summed E-state index contributed by atoms with van der Waals surface area (Å²) in [6, 6.07) is 9.44. The van der Waals surface area contributed by atoms with E-state index in [-0.39, 0.29) is 17.8 Å². The highest BCUT2D eigenvalue weighted by Crippen LogP contribution is 2.31. The van der Waals surface area contributed by atoms with Gasteiger partial charge in [0.15, 0.2) is 0 Å². The fraction of sp³-hybridized carbons (Fsp3) is 0.118. The van der Waals surface area contributed by atoms with Crippen LogP contribution in [0.1, 0.15) is 21.6 Å². The average molecular weight is 388 g/mol. The number of carbonyl (C=O) groups excluding carboxylic acids is 1. The number of hydrogen-bond donors (Lipinski definition) is 1. The zero-order chi connectivity index (χ0) is 18.2. The molecule has 3 rings (SSSR count). The van der Waals surface area contributed by atoms with Crippen LogP contribution in [0.2, 0.25) is 10.0 Å². The lowest BCUT2D eigenvalue weighted by Crippen LogP contribution is -2.05. The molecule has 3 aromatic rings. The van der Waals surface area contributed by atoms with Crippen molar-refractivity contribution in [3.63, 3.8) is 0 Å². The number of alkyl halides is 3. The summed E-state index contributed by atoms with van der Waals surface area (Å²) in [7, 11) is 0. The molecule has 1 N–H and O–H groups in total. The number of esters is 1. The summed E-state index contributed by atoms with van der Waals surface area (Å²) < 4.78 is 43.3. The second kappa shape index (κ2) is 6.61. The number of fused-ring (bicyclic) bond motifs is 1. The van der Waals surface area contributed by atoms with Crippen molar-refractivity contribution in [2.24, 2.45) is 0 Å². The van der Waals surface area contributed by atoms with Crippen LogP contribution < -0.4 is 0 Å². The molecule has 0 bridgehead atoms. The second-order valence-electron chi connectivity index (χ2n) is 5.31. The number of H-pyrrole nitrogens is 1. The van der Waals surface area contributed by atoms with E-state index < -0.39 is 17.7 Å². The van der Waals surface area contributed by atoms with Crippen molar-refractivity contribution in [1.29, 1.82) is 0 Å². The molecule has 2 aromatic carbocycles. The Labute approximate surface area is 150 Å². The van der Waals surface area contributed by atoms with E-state index in [9.17, 15) is 18.0 Å². The van der Waals surface area contributed by atoms with Crippen LogP contribution >= 0.6 is 23.2 Å². The minimum Gasteiger partial charge on any atom is -0.456 e. The van der Waals surface area contributed by atoms with Crippen LogP contribution in [0, 0.1) is 0 Å². The maximum Gasteiger partial charge on any atom is 0.416 e. The molecule has 0 aliphatic carbocycles. The van der Waals surface area contributed by atoms with E-state index in [1.54, 1.807) is 18.2 Å². The van der Waals surface area contributed by atoms with Gasteiger partial charge in [-0.25, -0.2) is 4.79 Å². The average Bonchev–Trinajstić information content (AvgIpc) is 2.98. The molecule has 0 saturated carbocycles. The molecule has 0 unspecified atom stereocenters. The number of aromatic nitrogens is 1. The van der Waals surface area contributed by atoms with Crippen molar-refractivity contribution >= 4 is 40.1 Å². The van der Waals surface area contributed by atoms with Gasteiger partial charge >= 0.3 is 12.1 Å². The minimum atomic E-state index is -4.45. The molecule has 0 aliphatic heterocycles. The van der Waals surface area contributed by atoms with Crippen molar-refractivity contribution in [3.05, 3.63) is 69.3 Å². The number of benzene rings is 2. The molecule has 0 saturated heterocycles. The Balaban J connectivity index is 1.76. The molecule has 25 heavy (non-hydrogen) atoms. The van der Waals surface area contributed by atoms with Crippen LogP contribution in [0.3, 0.4) is 0 Å². The van der Waals surface area contributed by atoms with E-state index >= 15 is 0 Å². The van der Waals surface area contributed by atoms with Gasteiger partial charge in [0.2, 0.25) is 0 Å². The van der Waals surface area contributed by atoms with Crippen LogP contribution in [-0.4, -0.2) is 11.0 Å². The summed E-state index contributed by atoms with van der Waals surface area (Å²) in [5, 5.41) is 1.20. The highest BCUT2D eigenvalue weighted by Gasteiger charge is 2.30. The molecule has 1 heterocycles. The number of hydrogen-bond acceptors (Lipinski definition) is 2. The molecule has 0 atom stereocenters. The Morgan fingerprint density at radius 3 is 2.48 bits per heavy atom. The van der Waals surface area contributed by atoms with Crippen molar-refractivity contribution in [1.82, 2.24) is 4.98 Å². The van der Waals surface area contributed by atoms with Gasteiger partial charge in [-0.2, -0.15) is 13.2 Å². The quantitative estimate of drug-likeness (QED) is 0.572. The number of carbonyl (C=O) groups is 1. The van der Waals surface area contributed by atoms with E-state index in [4.69, 9.17) is 27.9 Å². The Bertz CT molecular complexity index is 951. The fourth-order valence-corrected chi connectivity index (χ4v) is 2.59. The van der Waals surface area contributed by atoms with Gasteiger partial charge in [-0.15, -0.1) is 0 Å². The maximum absolute atomic E-state index is 12.7. The smallest absolute Gasteiger partial charge is 0.416 e. The third-order valence-corrected chi connectivity index (χ3v) is 4.26. The number of aromatic amines is 1. The molecule has 0 fully saturated rings. The van der Waals surface area contributed by atoms with Crippen LogP contribution in [0.25, 0.3) is 10.9 Å². The van der Waals surface area contributed by atoms with E-state index in [1.165, 1.54) is 12.1 Å². The number of rotatable bonds is 3. The van der Waals surface area contributed by atoms with E-state index in [0.29, 0.717) is 21.0 Å². The third-order valence-electron chi connectivity index (χ3n) is 3.52. The van der Waals surface area contributed by atoms with Gasteiger partial charge in [-0.1, -0.05) is 35.3 Å². The lowest BCUT2D eigenvalue weighted by molar-refractivity contribution is -0.137. The number of nitrogens with one attached hydrogen (secondary N) is 1. The summed E-state index contributed by atoms with van der Waals surface area (Å²) in [5.41, 5.74) is 0.112. The largest absolute Gasteiger partial charge is 0.456 e. The number of halogens is 5. The van der Waals surface area contributed by atoms with Gasteiger partial charge in [0.05, 0.1) is 15.6 Å². The molecule has 0 radical (unpaired) electrons. The maximum atomic E-state index is 12.7. The van der Waals surface area contributed by atoms with Gasteiger partial charge in [-0.3, -0.25) is 0 Å². The summed E-state index contributed by atoms with van der Waals surface area (Å²) in [4.78, 5) is 14.7. The third kappa shape index (κ3) is 3.91. The van der Waals surface area contributed by atoms with Crippen LogP contribution in [0.15, 0.2) is 42.5 Å². The van der Waals surface area contributed by atoms with Gasteiger partial charge in [0.1, 0.15) is 12.3 Å². The Hall–Kier alpha value is -2.18. The van der Waals surface area contributed by atoms with Gasteiger partial charge in [0.25, 0.3) is 0 Å². The lowest BCUT2D eigenvalue weighted by atomic mass is 10.1. The highest BCUT2D eigenvalue weighted by atomic mass is 35.5. The minimum absolute atomic E-state index is 0.0428. The first-order valence-corrected chi connectivity index (χ1v) is 7.80. The van der Waals surface area contributed by atoms with E-state index in [1.807, 2.05) is 0 Å². The summed E-state index contributed by atoms with van der Waals surface area (Å²) >= 11 is 11.7. The molecule has 0 spiro atoms. The summed E-state index contributed by atoms with van der Waals surface area (Å²) in [6.07, 6.45) is -4.45. The Kier molecular flexibility index (Phi) is 4.67. The van der Waals surface area contributed by atoms with Crippen molar-refractivity contribution < 1.29 is 22.7 Å². The van der Waals surface area contributed by atoms with E-state index in [0.717, 1.165) is 12.1 Å². The first-order chi connectivity index (χ1) is 11.7. The van der Waals surface area contributed by atoms with Crippen molar-refractivity contribution in [2.75, 3.05) is 0 Å². The topological polar surface area (TPSA) is 42.1 Å². The monoisotopic (exact) mass is 387 g/mol. The Morgan fingerprint density at radius 1 is 1.04 bits per heavy atom. The summed E-state index contributed by atoms with van der Waals surface area (Å²) in [6.45, 7) is -0.0428. The lowest BCUT2D eigenvalue weighted by Gasteiger charge is -2.05. The summed E-state index contributed by atoms with van der Waals surface area (Å²) in [5.74, 6) is -0.684. The van der Waals surface area contributed by atoms with Crippen molar-refractivity contribution in [2.45, 2.75) is 12.8 Å². The molecule has 130 valence electrons. The van der Waals surface area contributed by atoms with E-state index in [2.05, 4.69) is 4.98 Å². The second-order valence-corrected chi connectivity index (χ2v) is 6.12. The predicted octanol–water partition coefficient (Wildman–Crippen LogP) is 5.85. The molecule has 0 amide bonds. The van der Waals surface area contributed by atoms with Crippen LogP contribution in [0.5, 0.6) is 0 Å². The van der Waals surface area contributed by atoms with Crippen LogP contribution in [-0.2, 0) is 17.5 Å². The molecule has 8 heteroatoms. The van der Waals surface area contributed by atoms with Gasteiger partial charge in [0, 0.05) is 10.9 Å². The molecule has 0 aliphatic rings. The molecule has 3 nitrogen and oxygen atoms in total. The Morgan fingerprint density at radius 2 is 1.80 bits per heavy atom. The molecular weight excluding hydrogens is 378 g/mol. The normalized spacial score (nSPS) is 11.7. The standard InChI is InChI=1S/C17H10Cl2F3NO2/c18-12-4-1-9(5-13(12)19)8-25-16(24)15-6-10-2-3-11(17(20,21)22)7-14(10)23-15/h1-7,23H,8H2. The van der Waals surface area contributed by atoms with Crippen LogP contribution in [0.4, 0.5) is 13.2 Å². The SMILES string of the molecule is O=C(OCc1ccc(Cl)c(Cl)c1)c1cc2ccc(C(F)(F)F)cc2[nH]1. The first kappa shape index (κ1) is 17.6. The predicted molar refractivity (Wildman–Crippen MR) is 88.9 cm³/mol. The fourth-order valence-electron chi connectivity index (χ4n) is 2.27. The first-order valence-electron chi connectivity index (χ1n) is 7.05. The highest BCUT2D eigenvalue weighted by molar-refractivity contribution is 6.42. The molecular formula is C17H10Cl2F3NO2. The van der Waals surface area contributed by atoms with Gasteiger partial charge < -0.3 is 9.72 Å². The molecule has 1 aromatic heterocycles. The number of ether oxygens (including phenoxy) is 1.